The van der Waals surface area contributed by atoms with Gasteiger partial charge in [0.1, 0.15) is 24.0 Å². The Bertz CT molecular complexity index is 1480. The standard InChI is InChI=1S/C36H44Cl2N2O8/c1-20(2)15-30-36(44)46-28(22(4)32-33(48-32)25-12-9-23(18-37)10-13-25)7-6-8-31(41)40-27(34(42)39-19-21(3)35(43)47-30)17-24-11-14-29(45-5)26(38)16-24/h6,8-14,16,20-22,27-28,30,32-33H,7,15,17-19H2,1-5H3,(H,39,42)(H,40,41)/b8-6+/t21-,22?,27-,28+,30+,32+,33-/m1/s1. The summed E-state index contributed by atoms with van der Waals surface area (Å²) >= 11 is 12.2. The van der Waals surface area contributed by atoms with Crippen molar-refractivity contribution in [1.82, 2.24) is 10.6 Å². The smallest absolute Gasteiger partial charge is 0.347 e. The summed E-state index contributed by atoms with van der Waals surface area (Å²) in [6, 6.07) is 12.0. The number of nitrogens with one attached hydrogen (secondary N) is 2. The Morgan fingerprint density at radius 1 is 0.979 bits per heavy atom. The molecule has 0 saturated carbocycles. The summed E-state index contributed by atoms with van der Waals surface area (Å²) in [6.45, 7) is 7.28. The number of alkyl halides is 1. The van der Waals surface area contributed by atoms with Crippen molar-refractivity contribution in [3.8, 4) is 5.75 Å². The number of cyclic esters (lactones) is 2. The molecule has 0 spiro atoms. The van der Waals surface area contributed by atoms with Crippen molar-refractivity contribution in [3.05, 3.63) is 76.3 Å². The van der Waals surface area contributed by atoms with E-state index in [1.54, 1.807) is 31.2 Å². The fraction of sp³-hybridized carbons (Fsp3) is 0.500. The number of methoxy groups -OCH3 is 1. The number of ether oxygens (including phenoxy) is 4. The number of amides is 2. The summed E-state index contributed by atoms with van der Waals surface area (Å²) in [5.41, 5.74) is 2.67. The summed E-state index contributed by atoms with van der Waals surface area (Å²) in [7, 11) is 1.50. The molecule has 2 heterocycles. The fourth-order valence-electron chi connectivity index (χ4n) is 5.54. The molecule has 10 nitrogen and oxygen atoms in total. The number of carbonyl (C=O) groups excluding carboxylic acids is 4. The lowest BCUT2D eigenvalue weighted by molar-refractivity contribution is -0.176. The van der Waals surface area contributed by atoms with Gasteiger partial charge < -0.3 is 29.6 Å². The van der Waals surface area contributed by atoms with Gasteiger partial charge in [0.2, 0.25) is 11.8 Å². The molecule has 2 aromatic rings. The van der Waals surface area contributed by atoms with Crippen LogP contribution in [0.15, 0.2) is 54.6 Å². The third-order valence-corrected chi connectivity index (χ3v) is 9.08. The number of epoxide rings is 1. The molecule has 2 aromatic carbocycles. The van der Waals surface area contributed by atoms with Crippen molar-refractivity contribution in [2.75, 3.05) is 13.7 Å². The molecule has 2 aliphatic rings. The maximum atomic E-state index is 13.5. The molecule has 12 heteroatoms. The zero-order chi connectivity index (χ0) is 35.0. The van der Waals surface area contributed by atoms with E-state index in [4.69, 9.17) is 42.1 Å². The zero-order valence-corrected chi connectivity index (χ0v) is 29.4. The van der Waals surface area contributed by atoms with Crippen LogP contribution in [-0.4, -0.2) is 61.8 Å². The van der Waals surface area contributed by atoms with Crippen molar-refractivity contribution in [1.29, 1.82) is 0 Å². The lowest BCUT2D eigenvalue weighted by Crippen LogP contribution is -2.49. The first-order valence-electron chi connectivity index (χ1n) is 16.2. The number of carbonyl (C=O) groups is 4. The molecule has 0 aliphatic carbocycles. The molecule has 2 aliphatic heterocycles. The molecular weight excluding hydrogens is 659 g/mol. The van der Waals surface area contributed by atoms with Crippen LogP contribution in [-0.2, 0) is 45.7 Å². The fourth-order valence-corrected chi connectivity index (χ4v) is 6.00. The summed E-state index contributed by atoms with van der Waals surface area (Å²) in [6.07, 6.45) is 1.23. The maximum Gasteiger partial charge on any atom is 0.347 e. The second kappa shape index (κ2) is 17.2. The molecule has 2 amide bonds. The van der Waals surface area contributed by atoms with E-state index in [2.05, 4.69) is 10.6 Å². The molecule has 260 valence electrons. The van der Waals surface area contributed by atoms with E-state index in [0.29, 0.717) is 22.2 Å². The molecule has 1 fully saturated rings. The number of benzene rings is 2. The normalized spacial score (nSPS) is 26.9. The van der Waals surface area contributed by atoms with Crippen molar-refractivity contribution in [2.45, 2.75) is 83.3 Å². The Balaban J connectivity index is 1.58. The van der Waals surface area contributed by atoms with Gasteiger partial charge in [-0.1, -0.05) is 75.7 Å². The average Bonchev–Trinajstić information content (AvgIpc) is 3.86. The first kappa shape index (κ1) is 37.2. The minimum atomic E-state index is -1.14. The van der Waals surface area contributed by atoms with E-state index in [0.717, 1.165) is 11.1 Å². The minimum Gasteiger partial charge on any atom is -0.495 e. The number of hydrogen-bond donors (Lipinski definition) is 2. The summed E-state index contributed by atoms with van der Waals surface area (Å²) in [4.78, 5) is 53.1. The van der Waals surface area contributed by atoms with Gasteiger partial charge in [-0.2, -0.15) is 0 Å². The van der Waals surface area contributed by atoms with Crippen LogP contribution in [0, 0.1) is 17.8 Å². The third kappa shape index (κ3) is 10.2. The van der Waals surface area contributed by atoms with Gasteiger partial charge >= 0.3 is 11.9 Å². The number of halogens is 2. The number of rotatable bonds is 9. The molecule has 0 radical (unpaired) electrons. The van der Waals surface area contributed by atoms with E-state index >= 15 is 0 Å². The van der Waals surface area contributed by atoms with E-state index in [1.807, 2.05) is 45.0 Å². The molecule has 2 N–H and O–H groups in total. The minimum absolute atomic E-state index is 0.0229. The van der Waals surface area contributed by atoms with Gasteiger partial charge in [-0.05, 0) is 47.2 Å². The lowest BCUT2D eigenvalue weighted by Gasteiger charge is -2.27. The van der Waals surface area contributed by atoms with Gasteiger partial charge in [-0.15, -0.1) is 11.6 Å². The van der Waals surface area contributed by atoms with Crippen molar-refractivity contribution < 1.29 is 38.1 Å². The van der Waals surface area contributed by atoms with E-state index in [1.165, 1.54) is 13.2 Å². The van der Waals surface area contributed by atoms with Crippen molar-refractivity contribution in [3.63, 3.8) is 0 Å². The number of hydrogen-bond acceptors (Lipinski definition) is 8. The predicted octanol–water partition coefficient (Wildman–Crippen LogP) is 5.47. The molecule has 1 unspecified atom stereocenters. The SMILES string of the molecule is COc1ccc(C[C@H]2NC(=O)/C=C/C[C@@H](C(C)[C@@H]3O[C@@H]3c3ccc(CCl)cc3)OC(=O)[C@H](CC(C)C)OC(=O)[C@H](C)CNC2=O)cc1Cl. The van der Waals surface area contributed by atoms with Crippen LogP contribution in [0.5, 0.6) is 5.75 Å². The van der Waals surface area contributed by atoms with Gasteiger partial charge in [0.25, 0.3) is 0 Å². The van der Waals surface area contributed by atoms with Gasteiger partial charge in [0, 0.05) is 31.2 Å². The third-order valence-electron chi connectivity index (χ3n) is 8.48. The highest BCUT2D eigenvalue weighted by Crippen LogP contribution is 2.45. The van der Waals surface area contributed by atoms with E-state index in [-0.39, 0.29) is 49.9 Å². The Morgan fingerprint density at radius 3 is 2.33 bits per heavy atom. The first-order chi connectivity index (χ1) is 22.9. The topological polar surface area (TPSA) is 133 Å². The van der Waals surface area contributed by atoms with Crippen LogP contribution < -0.4 is 15.4 Å². The molecule has 1 saturated heterocycles. The quantitative estimate of drug-likeness (QED) is 0.200. The highest BCUT2D eigenvalue weighted by atomic mass is 35.5. The molecule has 0 bridgehead atoms. The van der Waals surface area contributed by atoms with Gasteiger partial charge in [-0.3, -0.25) is 14.4 Å². The highest BCUT2D eigenvalue weighted by molar-refractivity contribution is 6.32. The van der Waals surface area contributed by atoms with Gasteiger partial charge in [0.15, 0.2) is 6.10 Å². The largest absolute Gasteiger partial charge is 0.495 e. The van der Waals surface area contributed by atoms with Gasteiger partial charge in [-0.25, -0.2) is 4.79 Å². The van der Waals surface area contributed by atoms with Crippen LogP contribution in [0.3, 0.4) is 0 Å². The Labute approximate surface area is 291 Å². The van der Waals surface area contributed by atoms with Crippen molar-refractivity contribution >= 4 is 47.0 Å². The Hall–Kier alpha value is -3.60. The zero-order valence-electron chi connectivity index (χ0n) is 27.9. The predicted molar refractivity (Wildman–Crippen MR) is 182 cm³/mol. The van der Waals surface area contributed by atoms with Crippen LogP contribution >= 0.6 is 23.2 Å². The average molecular weight is 704 g/mol. The second-order valence-corrected chi connectivity index (χ2v) is 13.5. The maximum absolute atomic E-state index is 13.5. The van der Waals surface area contributed by atoms with Crippen LogP contribution in [0.2, 0.25) is 5.02 Å². The summed E-state index contributed by atoms with van der Waals surface area (Å²) < 4.78 is 23.0. The number of esters is 2. The van der Waals surface area contributed by atoms with Gasteiger partial charge in [0.05, 0.1) is 24.2 Å². The monoisotopic (exact) mass is 702 g/mol. The van der Waals surface area contributed by atoms with Crippen LogP contribution in [0.4, 0.5) is 0 Å². The molecule has 48 heavy (non-hydrogen) atoms. The molecule has 4 rings (SSSR count). The Morgan fingerprint density at radius 2 is 1.69 bits per heavy atom. The molecule has 7 atom stereocenters. The lowest BCUT2D eigenvalue weighted by atomic mass is 9.93. The highest BCUT2D eigenvalue weighted by Gasteiger charge is 2.47. The van der Waals surface area contributed by atoms with E-state index in [9.17, 15) is 19.2 Å². The van der Waals surface area contributed by atoms with Crippen LogP contribution in [0.25, 0.3) is 0 Å². The molecular formula is C36H44Cl2N2O8. The molecule has 0 aromatic heterocycles. The first-order valence-corrected chi connectivity index (χ1v) is 17.1. The van der Waals surface area contributed by atoms with E-state index < -0.39 is 47.9 Å². The summed E-state index contributed by atoms with van der Waals surface area (Å²) in [5.74, 6) is -2.46. The van der Waals surface area contributed by atoms with Crippen LogP contribution in [0.1, 0.15) is 63.3 Å². The summed E-state index contributed by atoms with van der Waals surface area (Å²) in [5, 5.41) is 5.85. The second-order valence-electron chi connectivity index (χ2n) is 12.8. The Kier molecular flexibility index (Phi) is 13.3. The van der Waals surface area contributed by atoms with Crippen molar-refractivity contribution in [2.24, 2.45) is 17.8 Å².